The number of nitrogens with zero attached hydrogens (tertiary/aromatic N) is 4. The Morgan fingerprint density at radius 2 is 2.00 bits per heavy atom. The number of rotatable bonds is 6. The average molecular weight is 430 g/mol. The molecule has 0 spiro atoms. The van der Waals surface area contributed by atoms with Gasteiger partial charge < -0.3 is 15.8 Å². The number of anilines is 3. The Kier molecular flexibility index (Phi) is 6.02. The number of halogens is 2. The molecule has 25 heavy (non-hydrogen) atoms. The zero-order valence-electron chi connectivity index (χ0n) is 14.2. The quantitative estimate of drug-likeness (QED) is 0.413. The summed E-state index contributed by atoms with van der Waals surface area (Å²) in [5, 5.41) is 3.01. The Morgan fingerprint density at radius 3 is 2.56 bits per heavy atom. The minimum atomic E-state index is -0.0294. The highest BCUT2D eigenvalue weighted by Gasteiger charge is 2.21. The lowest BCUT2D eigenvalue weighted by molar-refractivity contribution is -0.107. The Labute approximate surface area is 158 Å². The van der Waals surface area contributed by atoms with Crippen LogP contribution in [0.2, 0.25) is 5.15 Å². The van der Waals surface area contributed by atoms with Crippen LogP contribution < -0.4 is 20.7 Å². The molecule has 0 atom stereocenters. The molecular formula is C15H18BrClN6O2. The molecule has 0 aromatic carbocycles. The molecule has 0 saturated carbocycles. The first-order chi connectivity index (χ1) is 11.8. The first-order valence-electron chi connectivity index (χ1n) is 7.26. The number of nitrogens with one attached hydrogen (secondary N) is 1. The van der Waals surface area contributed by atoms with Gasteiger partial charge in [0.05, 0.1) is 19.3 Å². The number of nitrogens with two attached hydrogens (primary N) is 1. The number of hydrogen-bond donors (Lipinski definition) is 2. The summed E-state index contributed by atoms with van der Waals surface area (Å²) in [6.45, 7) is 3.93. The van der Waals surface area contributed by atoms with Crippen LogP contribution in [0.15, 0.2) is 4.60 Å². The Morgan fingerprint density at radius 1 is 1.32 bits per heavy atom. The molecule has 0 radical (unpaired) electrons. The van der Waals surface area contributed by atoms with Gasteiger partial charge in [0.25, 0.3) is 0 Å². The normalized spacial score (nSPS) is 10.5. The van der Waals surface area contributed by atoms with Crippen LogP contribution >= 0.6 is 27.5 Å². The van der Waals surface area contributed by atoms with Gasteiger partial charge >= 0.3 is 0 Å². The monoisotopic (exact) mass is 428 g/mol. The first kappa shape index (κ1) is 19.2. The maximum atomic E-state index is 11.7. The van der Waals surface area contributed by atoms with Crippen LogP contribution in [0.3, 0.4) is 0 Å². The van der Waals surface area contributed by atoms with Crippen molar-refractivity contribution in [3.63, 3.8) is 0 Å². The third kappa shape index (κ3) is 3.77. The minimum absolute atomic E-state index is 0.0294. The summed E-state index contributed by atoms with van der Waals surface area (Å²) >= 11 is 9.50. The molecule has 2 aromatic heterocycles. The summed E-state index contributed by atoms with van der Waals surface area (Å²) in [5.74, 6) is 0.946. The second kappa shape index (κ2) is 7.83. The number of pyridine rings is 1. The summed E-state index contributed by atoms with van der Waals surface area (Å²) < 4.78 is 6.09. The van der Waals surface area contributed by atoms with Crippen molar-refractivity contribution in [3.05, 3.63) is 26.6 Å². The predicted molar refractivity (Wildman–Crippen MR) is 101 cm³/mol. The number of amides is 1. The number of carbonyl (C=O) groups excluding carboxylic acids is 1. The van der Waals surface area contributed by atoms with Gasteiger partial charge in [-0.15, -0.1) is 0 Å². The molecule has 0 aliphatic carbocycles. The topological polar surface area (TPSA) is 106 Å². The smallest absolute Gasteiger partial charge is 0.223 e. The van der Waals surface area contributed by atoms with Crippen molar-refractivity contribution in [3.8, 4) is 5.75 Å². The van der Waals surface area contributed by atoms with E-state index in [1.165, 1.54) is 4.90 Å². The van der Waals surface area contributed by atoms with Gasteiger partial charge in [0.1, 0.15) is 16.0 Å². The van der Waals surface area contributed by atoms with Crippen LogP contribution in [0.5, 0.6) is 5.75 Å². The maximum Gasteiger partial charge on any atom is 0.223 e. The Balaban J connectivity index is 2.52. The maximum absolute atomic E-state index is 11.7. The lowest BCUT2D eigenvalue weighted by Crippen LogP contribution is -2.25. The minimum Gasteiger partial charge on any atom is -0.496 e. The second-order valence-corrected chi connectivity index (χ2v) is 6.30. The van der Waals surface area contributed by atoms with E-state index >= 15 is 0 Å². The van der Waals surface area contributed by atoms with E-state index in [0.29, 0.717) is 28.1 Å². The summed E-state index contributed by atoms with van der Waals surface area (Å²) in [6, 6.07) is 0. The van der Waals surface area contributed by atoms with Crippen molar-refractivity contribution in [2.24, 2.45) is 0 Å². The third-order valence-electron chi connectivity index (χ3n) is 3.69. The highest BCUT2D eigenvalue weighted by molar-refractivity contribution is 9.10. The molecule has 8 nitrogen and oxygen atoms in total. The molecule has 2 heterocycles. The number of ether oxygens (including phenoxy) is 1. The Hall–Kier alpha value is -2.13. The summed E-state index contributed by atoms with van der Waals surface area (Å²) in [5.41, 5.74) is 8.43. The number of methoxy groups -OCH3 is 1. The fraction of sp³-hybridized carbons (Fsp3) is 0.333. The van der Waals surface area contributed by atoms with Crippen molar-refractivity contribution in [2.75, 3.05) is 30.1 Å². The van der Waals surface area contributed by atoms with Gasteiger partial charge in [-0.05, 0) is 29.8 Å². The summed E-state index contributed by atoms with van der Waals surface area (Å²) in [4.78, 5) is 25.6. The molecule has 0 saturated heterocycles. The van der Waals surface area contributed by atoms with Gasteiger partial charge in [-0.3, -0.25) is 9.69 Å². The zero-order chi connectivity index (χ0) is 18.7. The van der Waals surface area contributed by atoms with Gasteiger partial charge in [0.15, 0.2) is 11.0 Å². The van der Waals surface area contributed by atoms with Crippen molar-refractivity contribution in [2.45, 2.75) is 20.4 Å². The van der Waals surface area contributed by atoms with E-state index in [1.807, 2.05) is 13.8 Å². The van der Waals surface area contributed by atoms with Crippen molar-refractivity contribution < 1.29 is 9.53 Å². The fourth-order valence-electron chi connectivity index (χ4n) is 2.44. The van der Waals surface area contributed by atoms with E-state index in [4.69, 9.17) is 22.1 Å². The molecule has 0 fully saturated rings. The van der Waals surface area contributed by atoms with Crippen LogP contribution in [0, 0.1) is 13.8 Å². The Bertz CT molecular complexity index is 817. The largest absolute Gasteiger partial charge is 0.496 e. The lowest BCUT2D eigenvalue weighted by atomic mass is 10.1. The van der Waals surface area contributed by atoms with Crippen LogP contribution in [0.1, 0.15) is 16.8 Å². The molecule has 3 N–H and O–H groups in total. The first-order valence-corrected chi connectivity index (χ1v) is 8.43. The van der Waals surface area contributed by atoms with Gasteiger partial charge in [0, 0.05) is 18.2 Å². The number of nitrogen functional groups attached to an aromatic ring is 1. The second-order valence-electron chi connectivity index (χ2n) is 5.19. The van der Waals surface area contributed by atoms with Crippen molar-refractivity contribution in [1.29, 1.82) is 0 Å². The fourth-order valence-corrected chi connectivity index (χ4v) is 3.10. The van der Waals surface area contributed by atoms with E-state index in [0.717, 1.165) is 11.1 Å². The molecule has 10 heteroatoms. The van der Waals surface area contributed by atoms with Gasteiger partial charge in [-0.1, -0.05) is 11.6 Å². The molecule has 0 aliphatic heterocycles. The van der Waals surface area contributed by atoms with E-state index in [9.17, 15) is 4.79 Å². The van der Waals surface area contributed by atoms with E-state index in [-0.39, 0.29) is 23.5 Å². The average Bonchev–Trinajstić information content (AvgIpc) is 2.57. The molecule has 0 unspecified atom stereocenters. The highest BCUT2D eigenvalue weighted by atomic mass is 79.9. The molecule has 134 valence electrons. The van der Waals surface area contributed by atoms with Gasteiger partial charge in [-0.2, -0.15) is 9.97 Å². The number of aromatic nitrogens is 3. The molecule has 0 aliphatic rings. The molecule has 0 bridgehead atoms. The standard InChI is InChI=1S/C15H18BrClN6O2/c1-7-9(20-12(16)8(2)11(7)25-4)5-23(6-24)14-10(19-3)13(17)21-15(18)22-14/h6,19H,5H2,1-4H3,(H2,18,21,22). The van der Waals surface area contributed by atoms with Gasteiger partial charge in [-0.25, -0.2) is 4.98 Å². The highest BCUT2D eigenvalue weighted by Crippen LogP contribution is 2.33. The summed E-state index contributed by atoms with van der Waals surface area (Å²) in [6.07, 6.45) is 0.639. The molecular weight excluding hydrogens is 412 g/mol. The SMILES string of the molecule is CNc1c(Cl)nc(N)nc1N(C=O)Cc1nc(Br)c(C)c(OC)c1C. The van der Waals surface area contributed by atoms with Crippen LogP contribution in [-0.4, -0.2) is 35.5 Å². The van der Waals surface area contributed by atoms with Crippen LogP contribution in [0.4, 0.5) is 17.5 Å². The van der Waals surface area contributed by atoms with Crippen LogP contribution in [-0.2, 0) is 11.3 Å². The molecule has 2 rings (SSSR count). The van der Waals surface area contributed by atoms with E-state index < -0.39 is 0 Å². The van der Waals surface area contributed by atoms with Gasteiger partial charge in [0.2, 0.25) is 12.4 Å². The summed E-state index contributed by atoms with van der Waals surface area (Å²) in [7, 11) is 3.25. The van der Waals surface area contributed by atoms with E-state index in [2.05, 4.69) is 36.2 Å². The number of carbonyl (C=O) groups is 1. The van der Waals surface area contributed by atoms with Crippen LogP contribution in [0.25, 0.3) is 0 Å². The van der Waals surface area contributed by atoms with Crippen molar-refractivity contribution >= 4 is 51.4 Å². The number of hydrogen-bond acceptors (Lipinski definition) is 7. The predicted octanol–water partition coefficient (Wildman–Crippen LogP) is 2.70. The molecule has 2 aromatic rings. The lowest BCUT2D eigenvalue weighted by Gasteiger charge is -2.22. The van der Waals surface area contributed by atoms with E-state index in [1.54, 1.807) is 14.2 Å². The third-order valence-corrected chi connectivity index (χ3v) is 4.74. The molecule has 1 amide bonds. The van der Waals surface area contributed by atoms with Crippen molar-refractivity contribution in [1.82, 2.24) is 15.0 Å². The zero-order valence-corrected chi connectivity index (χ0v) is 16.6.